The first-order chi connectivity index (χ1) is 6.20. The molecule has 0 bridgehead atoms. The van der Waals surface area contributed by atoms with Crippen LogP contribution < -0.4 is 0 Å². The van der Waals surface area contributed by atoms with E-state index in [1.165, 1.54) is 12.4 Å². The third kappa shape index (κ3) is 7.56. The van der Waals surface area contributed by atoms with Crippen molar-refractivity contribution in [2.45, 2.75) is 6.92 Å². The standard InChI is InChI=1S/C5H3Cl2N.C3H6O2/c6-4-1-5(7)3-8-2-4;1-2-5-3-4/h1-3H;3H,2H2,1H3. The van der Waals surface area contributed by atoms with Crippen molar-refractivity contribution in [3.63, 3.8) is 0 Å². The van der Waals surface area contributed by atoms with Crippen molar-refractivity contribution < 1.29 is 9.53 Å². The molecule has 0 fully saturated rings. The van der Waals surface area contributed by atoms with Crippen LogP contribution >= 0.6 is 23.2 Å². The van der Waals surface area contributed by atoms with Crippen LogP contribution in [0.3, 0.4) is 0 Å². The van der Waals surface area contributed by atoms with Gasteiger partial charge in [0.05, 0.1) is 16.7 Å². The largest absolute Gasteiger partial charge is 0.468 e. The molecule has 0 spiro atoms. The lowest BCUT2D eigenvalue weighted by Crippen LogP contribution is -1.80. The topological polar surface area (TPSA) is 39.2 Å². The van der Waals surface area contributed by atoms with Crippen molar-refractivity contribution in [2.24, 2.45) is 0 Å². The maximum absolute atomic E-state index is 9.18. The molecule has 72 valence electrons. The van der Waals surface area contributed by atoms with Crippen LogP contribution in [0, 0.1) is 0 Å². The van der Waals surface area contributed by atoms with Gasteiger partial charge in [0.2, 0.25) is 0 Å². The van der Waals surface area contributed by atoms with E-state index >= 15 is 0 Å². The molecular weight excluding hydrogens is 213 g/mol. The molecule has 0 saturated carbocycles. The van der Waals surface area contributed by atoms with Crippen LogP contribution in [-0.4, -0.2) is 18.1 Å². The normalized spacial score (nSPS) is 8.23. The highest BCUT2D eigenvalue weighted by atomic mass is 35.5. The zero-order chi connectivity index (χ0) is 10.1. The average Bonchev–Trinajstić information content (AvgIpc) is 2.06. The van der Waals surface area contributed by atoms with Gasteiger partial charge in [0.15, 0.2) is 0 Å². The summed E-state index contributed by atoms with van der Waals surface area (Å²) in [5.41, 5.74) is 0. The first-order valence-corrected chi connectivity index (χ1v) is 4.27. The lowest BCUT2D eigenvalue weighted by atomic mass is 10.5. The minimum Gasteiger partial charge on any atom is -0.468 e. The minimum atomic E-state index is 0.431. The molecule has 5 heteroatoms. The Bertz CT molecular complexity index is 238. The third-order valence-electron chi connectivity index (χ3n) is 0.906. The molecule has 0 aromatic carbocycles. The predicted molar refractivity (Wildman–Crippen MR) is 51.9 cm³/mol. The number of aromatic nitrogens is 1. The number of hydrogen-bond acceptors (Lipinski definition) is 3. The van der Waals surface area contributed by atoms with E-state index in [1.54, 1.807) is 13.0 Å². The lowest BCUT2D eigenvalue weighted by molar-refractivity contribution is -0.128. The maximum Gasteiger partial charge on any atom is 0.293 e. The van der Waals surface area contributed by atoms with Gasteiger partial charge in [0.1, 0.15) is 0 Å². The molecule has 0 N–H and O–H groups in total. The van der Waals surface area contributed by atoms with Crippen molar-refractivity contribution in [2.75, 3.05) is 6.61 Å². The summed E-state index contributed by atoms with van der Waals surface area (Å²) in [7, 11) is 0. The van der Waals surface area contributed by atoms with E-state index < -0.39 is 0 Å². The van der Waals surface area contributed by atoms with E-state index in [0.29, 0.717) is 23.1 Å². The quantitative estimate of drug-likeness (QED) is 0.722. The fourth-order valence-corrected chi connectivity index (χ4v) is 0.858. The summed E-state index contributed by atoms with van der Waals surface area (Å²) in [5, 5.41) is 1.13. The average molecular weight is 222 g/mol. The minimum absolute atomic E-state index is 0.431. The van der Waals surface area contributed by atoms with Crippen molar-refractivity contribution in [3.8, 4) is 0 Å². The Kier molecular flexibility index (Phi) is 7.35. The number of hydrogen-bond donors (Lipinski definition) is 0. The van der Waals surface area contributed by atoms with E-state index in [0.717, 1.165) is 0 Å². The molecule has 1 aromatic rings. The van der Waals surface area contributed by atoms with Gasteiger partial charge < -0.3 is 4.74 Å². The molecule has 1 rings (SSSR count). The highest BCUT2D eigenvalue weighted by Gasteiger charge is 1.86. The van der Waals surface area contributed by atoms with Crippen LogP contribution in [0.15, 0.2) is 18.5 Å². The molecule has 0 unspecified atom stereocenters. The zero-order valence-electron chi connectivity index (χ0n) is 7.04. The van der Waals surface area contributed by atoms with Crippen molar-refractivity contribution in [3.05, 3.63) is 28.5 Å². The monoisotopic (exact) mass is 221 g/mol. The van der Waals surface area contributed by atoms with E-state index in [-0.39, 0.29) is 0 Å². The van der Waals surface area contributed by atoms with Gasteiger partial charge in [-0.3, -0.25) is 9.78 Å². The van der Waals surface area contributed by atoms with Gasteiger partial charge >= 0.3 is 0 Å². The molecule has 0 radical (unpaired) electrons. The molecule has 1 aromatic heterocycles. The van der Waals surface area contributed by atoms with E-state index in [2.05, 4.69) is 9.72 Å². The van der Waals surface area contributed by atoms with Gasteiger partial charge in [-0.15, -0.1) is 0 Å². The molecule has 0 saturated heterocycles. The Balaban J connectivity index is 0.000000252. The Labute approximate surface area is 86.6 Å². The lowest BCUT2D eigenvalue weighted by Gasteiger charge is -1.85. The second-order valence-corrected chi connectivity index (χ2v) is 2.75. The van der Waals surface area contributed by atoms with Crippen molar-refractivity contribution in [1.29, 1.82) is 0 Å². The summed E-state index contributed by atoms with van der Waals surface area (Å²) in [6, 6.07) is 1.64. The SMILES string of the molecule is CCOC=O.Clc1cncc(Cl)c1. The molecule has 13 heavy (non-hydrogen) atoms. The van der Waals surface area contributed by atoms with Gasteiger partial charge in [0, 0.05) is 12.4 Å². The van der Waals surface area contributed by atoms with E-state index in [9.17, 15) is 4.79 Å². The number of ether oxygens (including phenoxy) is 1. The van der Waals surface area contributed by atoms with Crippen LogP contribution in [0.2, 0.25) is 10.0 Å². The Morgan fingerprint density at radius 2 is 2.00 bits per heavy atom. The van der Waals surface area contributed by atoms with Gasteiger partial charge in [-0.2, -0.15) is 0 Å². The summed E-state index contributed by atoms with van der Waals surface area (Å²) in [6.45, 7) is 2.66. The Morgan fingerprint density at radius 1 is 1.46 bits per heavy atom. The summed E-state index contributed by atoms with van der Waals surface area (Å²) in [5.74, 6) is 0. The summed E-state index contributed by atoms with van der Waals surface area (Å²) >= 11 is 11.0. The third-order valence-corrected chi connectivity index (χ3v) is 1.32. The Hall–Kier alpha value is -0.800. The van der Waals surface area contributed by atoms with Crippen LogP contribution in [0.4, 0.5) is 0 Å². The molecule has 0 aliphatic rings. The first kappa shape index (κ1) is 12.2. The molecule has 0 amide bonds. The smallest absolute Gasteiger partial charge is 0.293 e. The number of rotatable bonds is 2. The maximum atomic E-state index is 9.18. The fourth-order valence-electron chi connectivity index (χ4n) is 0.454. The number of carbonyl (C=O) groups excluding carboxylic acids is 1. The number of carbonyl (C=O) groups is 1. The van der Waals surface area contributed by atoms with Gasteiger partial charge in [0.25, 0.3) is 6.47 Å². The summed E-state index contributed by atoms with van der Waals surface area (Å²) in [4.78, 5) is 12.9. The highest BCUT2D eigenvalue weighted by Crippen LogP contribution is 2.11. The zero-order valence-corrected chi connectivity index (χ0v) is 8.55. The van der Waals surface area contributed by atoms with Gasteiger partial charge in [-0.25, -0.2) is 0 Å². The molecular formula is C8H9Cl2NO2. The molecule has 3 nitrogen and oxygen atoms in total. The van der Waals surface area contributed by atoms with E-state index in [1.807, 2.05) is 0 Å². The number of halogens is 2. The van der Waals surface area contributed by atoms with Crippen LogP contribution in [0.5, 0.6) is 0 Å². The second kappa shape index (κ2) is 7.83. The predicted octanol–water partition coefficient (Wildman–Crippen LogP) is 2.57. The summed E-state index contributed by atoms with van der Waals surface area (Å²) < 4.78 is 4.15. The second-order valence-electron chi connectivity index (χ2n) is 1.87. The van der Waals surface area contributed by atoms with Crippen LogP contribution in [0.1, 0.15) is 6.92 Å². The van der Waals surface area contributed by atoms with E-state index in [4.69, 9.17) is 23.2 Å². The Morgan fingerprint density at radius 3 is 2.15 bits per heavy atom. The molecule has 0 aliphatic carbocycles. The van der Waals surface area contributed by atoms with Crippen molar-refractivity contribution in [1.82, 2.24) is 4.98 Å². The fraction of sp³-hybridized carbons (Fsp3) is 0.250. The molecule has 0 aliphatic heterocycles. The van der Waals surface area contributed by atoms with Crippen LogP contribution in [0.25, 0.3) is 0 Å². The number of pyridine rings is 1. The van der Waals surface area contributed by atoms with Gasteiger partial charge in [-0.1, -0.05) is 23.2 Å². The first-order valence-electron chi connectivity index (χ1n) is 3.52. The molecule has 1 heterocycles. The van der Waals surface area contributed by atoms with Crippen molar-refractivity contribution >= 4 is 29.7 Å². The van der Waals surface area contributed by atoms with Gasteiger partial charge in [-0.05, 0) is 13.0 Å². The summed E-state index contributed by atoms with van der Waals surface area (Å²) in [6.07, 6.45) is 3.07. The number of nitrogens with zero attached hydrogens (tertiary/aromatic N) is 1. The highest BCUT2D eigenvalue weighted by molar-refractivity contribution is 6.34. The molecule has 0 atom stereocenters. The van der Waals surface area contributed by atoms with Crippen LogP contribution in [-0.2, 0) is 9.53 Å².